The Morgan fingerprint density at radius 3 is 0.889 bits per heavy atom. The van der Waals surface area contributed by atoms with Crippen molar-refractivity contribution in [2.24, 2.45) is 0 Å². The molecule has 0 saturated heterocycles. The monoisotopic (exact) mass is 308 g/mol. The van der Waals surface area contributed by atoms with Gasteiger partial charge in [0.2, 0.25) is 0 Å². The van der Waals surface area contributed by atoms with Crippen molar-refractivity contribution in [3.63, 3.8) is 0 Å². The van der Waals surface area contributed by atoms with Gasteiger partial charge in [0, 0.05) is 26.2 Å². The molecule has 9 heteroatoms. The average Bonchev–Trinajstić information content (AvgIpc) is 0.722. The fraction of sp³-hybridized carbons (Fsp3) is 0. The topological polar surface area (TPSA) is 74.6 Å². The van der Waals surface area contributed by atoms with Crippen LogP contribution in [0.5, 0.6) is 0 Å². The maximum atomic E-state index is 8.74. The van der Waals surface area contributed by atoms with Crippen molar-refractivity contribution in [3.05, 3.63) is 0 Å². The SMILES string of the molecule is O=S(=O)(O)O.[KH].[KH].[KH].[Zr]. The molecule has 0 aromatic carbocycles. The summed E-state index contributed by atoms with van der Waals surface area (Å²) in [6.07, 6.45) is 0. The van der Waals surface area contributed by atoms with Gasteiger partial charge in [0.15, 0.2) is 0 Å². The van der Waals surface area contributed by atoms with Gasteiger partial charge < -0.3 is 0 Å². The van der Waals surface area contributed by atoms with Crippen LogP contribution in [0.3, 0.4) is 0 Å². The summed E-state index contributed by atoms with van der Waals surface area (Å²) in [5.41, 5.74) is 0. The second-order valence-electron chi connectivity index (χ2n) is 0.448. The molecule has 0 unspecified atom stereocenters. The normalized spacial score (nSPS) is 6.44. The smallest absolute Gasteiger partial charge is 0 e. The molecule has 0 aliphatic heterocycles. The Kier molecular flexibility index (Phi) is 52.5. The second kappa shape index (κ2) is 16.1. The summed E-state index contributed by atoms with van der Waals surface area (Å²) in [6.45, 7) is 0. The Hall–Kier alpha value is 5.66. The van der Waals surface area contributed by atoms with Crippen LogP contribution in [0.1, 0.15) is 0 Å². The minimum atomic E-state index is -4.67. The summed E-state index contributed by atoms with van der Waals surface area (Å²) >= 11 is 0. The molecule has 0 radical (unpaired) electrons. The first-order valence-electron chi connectivity index (χ1n) is 0.698. The van der Waals surface area contributed by atoms with E-state index in [0.29, 0.717) is 0 Å². The third-order valence-electron chi connectivity index (χ3n) is 0. The molecule has 42 valence electrons. The van der Waals surface area contributed by atoms with Gasteiger partial charge in [0.05, 0.1) is 0 Å². The summed E-state index contributed by atoms with van der Waals surface area (Å²) in [7, 11) is -4.67. The average molecular weight is 310 g/mol. The van der Waals surface area contributed by atoms with E-state index in [9.17, 15) is 0 Å². The van der Waals surface area contributed by atoms with Gasteiger partial charge in [-0.05, 0) is 0 Å². The Bertz CT molecular complexity index is 99.0. The summed E-state index contributed by atoms with van der Waals surface area (Å²) in [4.78, 5) is 0. The fourth-order valence-electron chi connectivity index (χ4n) is 0. The van der Waals surface area contributed by atoms with Crippen LogP contribution in [-0.2, 0) is 36.6 Å². The van der Waals surface area contributed by atoms with Crippen LogP contribution in [0, 0.1) is 0 Å². The van der Waals surface area contributed by atoms with Gasteiger partial charge in [-0.25, -0.2) is 0 Å². The van der Waals surface area contributed by atoms with Crippen LogP contribution >= 0.6 is 0 Å². The van der Waals surface area contributed by atoms with Crippen LogP contribution in [0.25, 0.3) is 0 Å². The maximum Gasteiger partial charge on any atom is 0 e. The van der Waals surface area contributed by atoms with Crippen LogP contribution in [0.2, 0.25) is 0 Å². The van der Waals surface area contributed by atoms with Crippen molar-refractivity contribution in [1.82, 2.24) is 0 Å². The molecule has 0 aromatic heterocycles. The molecule has 4 nitrogen and oxygen atoms in total. The van der Waals surface area contributed by atoms with E-state index < -0.39 is 10.4 Å². The quantitative estimate of drug-likeness (QED) is 0.380. The zero-order valence-corrected chi connectivity index (χ0v) is 5.89. The first-order chi connectivity index (χ1) is 2.00. The van der Waals surface area contributed by atoms with Crippen LogP contribution in [0.15, 0.2) is 0 Å². The molecule has 0 saturated carbocycles. The molecular weight excluding hydrogens is 305 g/mol. The molecule has 0 fully saturated rings. The van der Waals surface area contributed by atoms with E-state index in [-0.39, 0.29) is 180 Å². The van der Waals surface area contributed by atoms with Gasteiger partial charge in [-0.2, -0.15) is 8.42 Å². The predicted molar refractivity (Wildman–Crippen MR) is 35.6 cm³/mol. The summed E-state index contributed by atoms with van der Waals surface area (Å²) < 4.78 is 31.6. The largest absolute Gasteiger partial charge is 0 e. The first kappa shape index (κ1) is 29.3. The van der Waals surface area contributed by atoms with Crippen molar-refractivity contribution in [2.45, 2.75) is 0 Å². The van der Waals surface area contributed by atoms with Crippen molar-refractivity contribution in [1.29, 1.82) is 0 Å². The van der Waals surface area contributed by atoms with E-state index in [1.807, 2.05) is 0 Å². The van der Waals surface area contributed by atoms with E-state index in [0.717, 1.165) is 0 Å². The van der Waals surface area contributed by atoms with Crippen molar-refractivity contribution >= 4 is 165 Å². The Labute approximate surface area is 201 Å². The van der Waals surface area contributed by atoms with Gasteiger partial charge in [-0.15, -0.1) is 0 Å². The molecule has 0 amide bonds. The second-order valence-corrected chi connectivity index (χ2v) is 1.34. The maximum absolute atomic E-state index is 8.74. The molecular formula is H5K3O4SZr. The number of hydrogen-bond donors (Lipinski definition) is 2. The molecule has 0 aliphatic rings. The third-order valence-corrected chi connectivity index (χ3v) is 0. The minimum Gasteiger partial charge on any atom is 0 e. The van der Waals surface area contributed by atoms with Crippen molar-refractivity contribution in [3.8, 4) is 0 Å². The standard InChI is InChI=1S/3K.H2O4S.Zr.3H/c;;;1-5(2,3)4;;;;/h;;;(H2,1,2,3,4);;;;. The molecule has 0 aromatic rings. The van der Waals surface area contributed by atoms with Gasteiger partial charge in [-0.3, -0.25) is 9.11 Å². The van der Waals surface area contributed by atoms with E-state index in [2.05, 4.69) is 0 Å². The summed E-state index contributed by atoms with van der Waals surface area (Å²) in [5, 5.41) is 0. The van der Waals surface area contributed by atoms with Crippen LogP contribution in [0.4, 0.5) is 0 Å². The van der Waals surface area contributed by atoms with E-state index >= 15 is 0 Å². The summed E-state index contributed by atoms with van der Waals surface area (Å²) in [6, 6.07) is 0. The predicted octanol–water partition coefficient (Wildman–Crippen LogP) is -2.60. The molecule has 9 heavy (non-hydrogen) atoms. The molecule has 0 rings (SSSR count). The van der Waals surface area contributed by atoms with E-state index in [1.165, 1.54) is 0 Å². The van der Waals surface area contributed by atoms with Crippen molar-refractivity contribution in [2.75, 3.05) is 0 Å². The van der Waals surface area contributed by atoms with Crippen molar-refractivity contribution < 1.29 is 43.7 Å². The third kappa shape index (κ3) is 58.0. The molecule has 0 heterocycles. The van der Waals surface area contributed by atoms with E-state index in [4.69, 9.17) is 17.5 Å². The molecule has 0 aliphatic carbocycles. The van der Waals surface area contributed by atoms with E-state index in [1.54, 1.807) is 0 Å². The van der Waals surface area contributed by atoms with Gasteiger partial charge in [0.25, 0.3) is 0 Å². The summed E-state index contributed by atoms with van der Waals surface area (Å²) in [5.74, 6) is 0. The number of hydrogen-bond acceptors (Lipinski definition) is 2. The number of rotatable bonds is 0. The van der Waals surface area contributed by atoms with Crippen LogP contribution in [-0.4, -0.2) is 172 Å². The van der Waals surface area contributed by atoms with Gasteiger partial charge in [-0.1, -0.05) is 0 Å². The Morgan fingerprint density at radius 1 is 0.889 bits per heavy atom. The molecule has 2 N–H and O–H groups in total. The Balaban J connectivity index is -0.0000000133. The molecule has 0 bridgehead atoms. The Morgan fingerprint density at radius 2 is 0.889 bits per heavy atom. The van der Waals surface area contributed by atoms with Crippen LogP contribution < -0.4 is 0 Å². The zero-order valence-electron chi connectivity index (χ0n) is 2.62. The molecule has 0 spiro atoms. The minimum absolute atomic E-state index is 0. The first-order valence-corrected chi connectivity index (χ1v) is 2.10. The van der Waals surface area contributed by atoms with Gasteiger partial charge >= 0.3 is 165 Å². The molecule has 0 atom stereocenters. The fourth-order valence-corrected chi connectivity index (χ4v) is 0. The van der Waals surface area contributed by atoms with Gasteiger partial charge in [0.1, 0.15) is 0 Å². The zero-order chi connectivity index (χ0) is 4.50.